The van der Waals surface area contributed by atoms with E-state index in [4.69, 9.17) is 9.26 Å². The summed E-state index contributed by atoms with van der Waals surface area (Å²) in [5.74, 6) is -1.84. The summed E-state index contributed by atoms with van der Waals surface area (Å²) in [5, 5.41) is 3.07. The minimum Gasteiger partial charge on any atom is -0.534 e. The molecule has 3 aromatic carbocycles. The molecular formula is C34H37F3N2O4Si. The number of amides is 1. The number of hydrogen-bond donors (Lipinski definition) is 0. The summed E-state index contributed by atoms with van der Waals surface area (Å²) in [5.41, 5.74) is 0.875. The molecule has 1 aliphatic carbocycles. The molecule has 0 radical (unpaired) electrons. The lowest BCUT2D eigenvalue weighted by atomic mass is 9.95. The summed E-state index contributed by atoms with van der Waals surface area (Å²) in [4.78, 5) is 32.2. The molecule has 6 rings (SSSR count). The van der Waals surface area contributed by atoms with E-state index < -0.39 is 26.0 Å². The highest BCUT2D eigenvalue weighted by Crippen LogP contribution is 2.47. The van der Waals surface area contributed by atoms with Crippen molar-refractivity contribution in [2.24, 2.45) is 0 Å². The lowest BCUT2D eigenvalue weighted by Crippen LogP contribution is -2.68. The molecule has 3 aliphatic rings. The van der Waals surface area contributed by atoms with Crippen molar-refractivity contribution < 1.29 is 32.0 Å². The Kier molecular flexibility index (Phi) is 7.64. The lowest BCUT2D eigenvalue weighted by Gasteiger charge is -2.43. The van der Waals surface area contributed by atoms with Crippen LogP contribution in [0.15, 0.2) is 78.9 Å². The van der Waals surface area contributed by atoms with E-state index >= 15 is 0 Å². The highest BCUT2D eigenvalue weighted by molar-refractivity contribution is 7.00. The van der Waals surface area contributed by atoms with Crippen LogP contribution in [0.3, 0.4) is 0 Å². The van der Waals surface area contributed by atoms with Crippen LogP contribution >= 0.6 is 0 Å². The third kappa shape index (κ3) is 5.01. The number of carbonyl (C=O) groups is 2. The molecule has 2 atom stereocenters. The quantitative estimate of drug-likeness (QED) is 0.330. The Balaban J connectivity index is 1.33. The minimum atomic E-state index is -5.13. The molecule has 2 aliphatic heterocycles. The second-order valence-electron chi connectivity index (χ2n) is 13.0. The molecule has 0 saturated carbocycles. The van der Waals surface area contributed by atoms with Gasteiger partial charge in [0, 0.05) is 13.1 Å². The van der Waals surface area contributed by atoms with E-state index in [0.717, 1.165) is 38.7 Å². The van der Waals surface area contributed by atoms with Crippen LogP contribution in [0.5, 0.6) is 5.75 Å². The summed E-state index contributed by atoms with van der Waals surface area (Å²) in [6.07, 6.45) is -2.50. The SMILES string of the molecule is CC(C)(C)[Si](Oc1ccc2c(c1)C(N1CC[C@]3(CCCN3OC(=O)C(F)(F)F)C1=O)CC2)(c1ccccc1)c1ccccc1. The maximum atomic E-state index is 14.0. The zero-order valence-electron chi connectivity index (χ0n) is 25.2. The van der Waals surface area contributed by atoms with Crippen LogP contribution in [0.2, 0.25) is 5.04 Å². The highest BCUT2D eigenvalue weighted by Gasteiger charge is 2.58. The zero-order valence-corrected chi connectivity index (χ0v) is 26.2. The van der Waals surface area contributed by atoms with Gasteiger partial charge in [-0.1, -0.05) is 87.5 Å². The van der Waals surface area contributed by atoms with Crippen LogP contribution in [-0.4, -0.2) is 55.0 Å². The number of aryl methyl sites for hydroxylation is 1. The predicted octanol–water partition coefficient (Wildman–Crippen LogP) is 5.70. The van der Waals surface area contributed by atoms with Gasteiger partial charge in [0.05, 0.1) is 6.04 Å². The number of rotatable bonds is 6. The second-order valence-corrected chi connectivity index (χ2v) is 17.3. The summed E-state index contributed by atoms with van der Waals surface area (Å²) < 4.78 is 46.3. The van der Waals surface area contributed by atoms with E-state index in [1.54, 1.807) is 4.90 Å². The first-order valence-corrected chi connectivity index (χ1v) is 17.1. The number of fused-ring (bicyclic) bond motifs is 1. The van der Waals surface area contributed by atoms with E-state index in [-0.39, 0.29) is 23.5 Å². The van der Waals surface area contributed by atoms with E-state index in [1.807, 2.05) is 42.5 Å². The molecule has 2 heterocycles. The fraction of sp³-hybridized carbons (Fsp3) is 0.412. The Labute approximate surface area is 256 Å². The number of halogens is 3. The van der Waals surface area contributed by atoms with Crippen LogP contribution in [0.1, 0.15) is 63.6 Å². The van der Waals surface area contributed by atoms with Gasteiger partial charge >= 0.3 is 20.5 Å². The molecule has 10 heteroatoms. The van der Waals surface area contributed by atoms with E-state index in [9.17, 15) is 22.8 Å². The van der Waals surface area contributed by atoms with Gasteiger partial charge in [0.15, 0.2) is 0 Å². The molecule has 2 saturated heterocycles. The van der Waals surface area contributed by atoms with Crippen molar-refractivity contribution in [3.63, 3.8) is 0 Å². The normalized spacial score (nSPS) is 22.5. The Hall–Kier alpha value is -3.63. The summed E-state index contributed by atoms with van der Waals surface area (Å²) in [6.45, 7) is 7.13. The molecule has 0 N–H and O–H groups in total. The Morgan fingerprint density at radius 2 is 1.55 bits per heavy atom. The van der Waals surface area contributed by atoms with Crippen molar-refractivity contribution in [3.8, 4) is 5.75 Å². The number of alkyl halides is 3. The molecule has 1 unspecified atom stereocenters. The van der Waals surface area contributed by atoms with Gasteiger partial charge < -0.3 is 14.2 Å². The number of benzene rings is 3. The van der Waals surface area contributed by atoms with Crippen LogP contribution in [0.25, 0.3) is 0 Å². The molecule has 3 aromatic rings. The van der Waals surface area contributed by atoms with Crippen molar-refractivity contribution in [3.05, 3.63) is 90.0 Å². The van der Waals surface area contributed by atoms with Gasteiger partial charge in [-0.15, -0.1) is 5.06 Å². The monoisotopic (exact) mass is 622 g/mol. The molecular weight excluding hydrogens is 585 g/mol. The summed E-state index contributed by atoms with van der Waals surface area (Å²) in [7, 11) is -2.88. The van der Waals surface area contributed by atoms with Crippen molar-refractivity contribution >= 4 is 30.6 Å². The van der Waals surface area contributed by atoms with Gasteiger partial charge in [-0.2, -0.15) is 13.2 Å². The van der Waals surface area contributed by atoms with E-state index in [2.05, 4.69) is 57.2 Å². The molecule has 0 bridgehead atoms. The first-order valence-electron chi connectivity index (χ1n) is 15.2. The largest absolute Gasteiger partial charge is 0.534 e. The molecule has 2 fully saturated rings. The van der Waals surface area contributed by atoms with Crippen molar-refractivity contribution in [1.82, 2.24) is 9.96 Å². The van der Waals surface area contributed by atoms with Crippen LogP contribution in [-0.2, 0) is 20.8 Å². The predicted molar refractivity (Wildman–Crippen MR) is 163 cm³/mol. The van der Waals surface area contributed by atoms with Crippen molar-refractivity contribution in [1.29, 1.82) is 0 Å². The van der Waals surface area contributed by atoms with E-state index in [1.165, 1.54) is 0 Å². The Bertz CT molecular complexity index is 1500. The molecule has 6 nitrogen and oxygen atoms in total. The molecule has 232 valence electrons. The number of hydrogen-bond acceptors (Lipinski definition) is 5. The molecule has 1 spiro atoms. The van der Waals surface area contributed by atoms with Gasteiger partial charge in [0.2, 0.25) is 5.91 Å². The fourth-order valence-electron chi connectivity index (χ4n) is 7.45. The van der Waals surface area contributed by atoms with Crippen molar-refractivity contribution in [2.75, 3.05) is 13.1 Å². The molecule has 0 aromatic heterocycles. The molecule has 44 heavy (non-hydrogen) atoms. The van der Waals surface area contributed by atoms with Gasteiger partial charge in [0.1, 0.15) is 11.3 Å². The minimum absolute atomic E-state index is 0.0964. The van der Waals surface area contributed by atoms with Crippen LogP contribution in [0, 0.1) is 0 Å². The molecule has 1 amide bonds. The van der Waals surface area contributed by atoms with Gasteiger partial charge in [0.25, 0.3) is 0 Å². The Morgan fingerprint density at radius 3 is 2.14 bits per heavy atom. The first kappa shape index (κ1) is 30.4. The third-order valence-corrected chi connectivity index (χ3v) is 14.5. The maximum Gasteiger partial charge on any atom is 0.492 e. The van der Waals surface area contributed by atoms with Crippen molar-refractivity contribution in [2.45, 2.75) is 75.7 Å². The topological polar surface area (TPSA) is 59.1 Å². The average Bonchev–Trinajstić information content (AvgIpc) is 3.69. The highest BCUT2D eigenvalue weighted by atomic mass is 28.4. The smallest absolute Gasteiger partial charge is 0.492 e. The van der Waals surface area contributed by atoms with Gasteiger partial charge in [-0.05, 0) is 70.8 Å². The fourth-order valence-corrected chi connectivity index (χ4v) is 11.9. The standard InChI is InChI=1S/C34H37F3N2O4Si/c1-32(2,3)44(26-11-6-4-7-12-26,27-13-8-5-9-14-27)43-25-17-15-24-16-18-29(28(24)23-25)38-22-20-33(30(38)40)19-10-21-39(33)42-31(41)34(35,36)37/h4-9,11-15,17,23,29H,10,16,18-22H2,1-3H3/t29?,33-/m1/s1. The third-order valence-electron chi connectivity index (χ3n) is 9.51. The van der Waals surface area contributed by atoms with Crippen LogP contribution in [0.4, 0.5) is 13.2 Å². The summed E-state index contributed by atoms with van der Waals surface area (Å²) in [6, 6.07) is 26.7. The van der Waals surface area contributed by atoms with Gasteiger partial charge in [-0.25, -0.2) is 4.79 Å². The average molecular weight is 623 g/mol. The Morgan fingerprint density at radius 1 is 0.909 bits per heavy atom. The first-order chi connectivity index (χ1) is 20.9. The zero-order chi connectivity index (χ0) is 31.3. The summed E-state index contributed by atoms with van der Waals surface area (Å²) >= 11 is 0. The number of carbonyl (C=O) groups excluding carboxylic acids is 2. The van der Waals surface area contributed by atoms with Gasteiger partial charge in [-0.3, -0.25) is 4.79 Å². The second kappa shape index (κ2) is 11.1. The van der Waals surface area contributed by atoms with Crippen LogP contribution < -0.4 is 14.8 Å². The number of nitrogens with zero attached hydrogens (tertiary/aromatic N) is 2. The number of likely N-dealkylation sites (tertiary alicyclic amines) is 1. The number of hydroxylamine groups is 2. The lowest BCUT2D eigenvalue weighted by molar-refractivity contribution is -0.249. The maximum absolute atomic E-state index is 14.0. The van der Waals surface area contributed by atoms with E-state index in [0.29, 0.717) is 32.2 Å².